The second kappa shape index (κ2) is 6.92. The maximum Gasteiger partial charge on any atom is 0.256 e. The molecule has 2 nitrogen and oxygen atoms in total. The zero-order valence-corrected chi connectivity index (χ0v) is 13.0. The fourth-order valence-corrected chi connectivity index (χ4v) is 2.49. The van der Waals surface area contributed by atoms with Crippen LogP contribution in [0, 0.1) is 5.82 Å². The second-order valence-corrected chi connectivity index (χ2v) is 5.32. The van der Waals surface area contributed by atoms with Gasteiger partial charge >= 0.3 is 0 Å². The van der Waals surface area contributed by atoms with E-state index in [1.807, 2.05) is 42.5 Å². The number of amides is 1. The van der Waals surface area contributed by atoms with Gasteiger partial charge in [0, 0.05) is 5.56 Å². The highest BCUT2D eigenvalue weighted by atomic mass is 19.1. The number of nitrogens with one attached hydrogen (secondary N) is 1. The van der Waals surface area contributed by atoms with E-state index in [1.54, 1.807) is 24.3 Å². The molecule has 0 saturated carbocycles. The standard InChI is InChI=1S/C21H16FNO/c1-15(16-9-3-2-4-10-16)17-11-5-6-12-18(17)21(24)23-20-14-8-7-13-19(20)22/h2-14H,1H2,(H,23,24). The van der Waals surface area contributed by atoms with Gasteiger partial charge in [-0.3, -0.25) is 4.79 Å². The van der Waals surface area contributed by atoms with Gasteiger partial charge in [0.25, 0.3) is 5.91 Å². The molecule has 0 heterocycles. The third kappa shape index (κ3) is 3.25. The van der Waals surface area contributed by atoms with Crippen molar-refractivity contribution < 1.29 is 9.18 Å². The smallest absolute Gasteiger partial charge is 0.256 e. The Kier molecular flexibility index (Phi) is 4.52. The van der Waals surface area contributed by atoms with Crippen molar-refractivity contribution in [2.75, 3.05) is 5.32 Å². The van der Waals surface area contributed by atoms with E-state index < -0.39 is 5.82 Å². The van der Waals surface area contributed by atoms with Gasteiger partial charge in [-0.25, -0.2) is 4.39 Å². The third-order valence-electron chi connectivity index (χ3n) is 3.74. The van der Waals surface area contributed by atoms with Gasteiger partial charge < -0.3 is 5.32 Å². The summed E-state index contributed by atoms with van der Waals surface area (Å²) in [4.78, 5) is 12.6. The average molecular weight is 317 g/mol. The van der Waals surface area contributed by atoms with Crippen molar-refractivity contribution in [1.29, 1.82) is 0 Å². The molecule has 0 radical (unpaired) electrons. The Hall–Kier alpha value is -3.20. The highest BCUT2D eigenvalue weighted by molar-refractivity contribution is 6.08. The molecule has 3 heteroatoms. The van der Waals surface area contributed by atoms with Gasteiger partial charge in [-0.05, 0) is 34.9 Å². The maximum absolute atomic E-state index is 13.8. The van der Waals surface area contributed by atoms with Crippen molar-refractivity contribution in [1.82, 2.24) is 0 Å². The molecule has 0 fully saturated rings. The Bertz CT molecular complexity index is 887. The fraction of sp³-hybridized carbons (Fsp3) is 0. The second-order valence-electron chi connectivity index (χ2n) is 5.32. The van der Waals surface area contributed by atoms with Crippen LogP contribution >= 0.6 is 0 Å². The van der Waals surface area contributed by atoms with Crippen LogP contribution in [0.15, 0.2) is 85.4 Å². The Morgan fingerprint density at radius 3 is 2.08 bits per heavy atom. The maximum atomic E-state index is 13.8. The average Bonchev–Trinajstić information content (AvgIpc) is 2.63. The first-order valence-electron chi connectivity index (χ1n) is 7.56. The molecule has 0 aliphatic heterocycles. The van der Waals surface area contributed by atoms with Crippen LogP contribution in [-0.2, 0) is 0 Å². The molecule has 0 spiro atoms. The summed E-state index contributed by atoms with van der Waals surface area (Å²) in [6.45, 7) is 4.11. The minimum Gasteiger partial charge on any atom is -0.319 e. The molecule has 3 aromatic rings. The number of para-hydroxylation sites is 1. The quantitative estimate of drug-likeness (QED) is 0.709. The number of carbonyl (C=O) groups excluding carboxylic acids is 1. The van der Waals surface area contributed by atoms with Crippen molar-refractivity contribution >= 4 is 17.2 Å². The van der Waals surface area contributed by atoms with Gasteiger partial charge in [0.1, 0.15) is 5.82 Å². The number of halogens is 1. The number of anilines is 1. The first-order valence-corrected chi connectivity index (χ1v) is 7.56. The molecule has 118 valence electrons. The van der Waals surface area contributed by atoms with E-state index in [0.717, 1.165) is 16.7 Å². The molecule has 0 aliphatic rings. The van der Waals surface area contributed by atoms with Crippen LogP contribution in [0.25, 0.3) is 5.57 Å². The minimum absolute atomic E-state index is 0.155. The molecule has 1 amide bonds. The van der Waals surface area contributed by atoms with Crippen LogP contribution in [0.2, 0.25) is 0 Å². The molecule has 0 unspecified atom stereocenters. The van der Waals surface area contributed by atoms with Gasteiger partial charge in [0.15, 0.2) is 0 Å². The number of hydrogen-bond donors (Lipinski definition) is 1. The first-order chi connectivity index (χ1) is 11.7. The molecular formula is C21H16FNO. The molecule has 3 rings (SSSR count). The zero-order valence-electron chi connectivity index (χ0n) is 13.0. The van der Waals surface area contributed by atoms with E-state index in [0.29, 0.717) is 5.56 Å². The summed E-state index contributed by atoms with van der Waals surface area (Å²) < 4.78 is 13.8. The Morgan fingerprint density at radius 1 is 0.792 bits per heavy atom. The van der Waals surface area contributed by atoms with E-state index in [4.69, 9.17) is 0 Å². The summed E-state index contributed by atoms with van der Waals surface area (Å²) in [6, 6.07) is 22.9. The summed E-state index contributed by atoms with van der Waals surface area (Å²) in [7, 11) is 0. The van der Waals surface area contributed by atoms with Crippen molar-refractivity contribution in [3.63, 3.8) is 0 Å². The van der Waals surface area contributed by atoms with Crippen molar-refractivity contribution in [3.05, 3.63) is 108 Å². The summed E-state index contributed by atoms with van der Waals surface area (Å²) in [6.07, 6.45) is 0. The highest BCUT2D eigenvalue weighted by Gasteiger charge is 2.15. The Morgan fingerprint density at radius 2 is 1.38 bits per heavy atom. The van der Waals surface area contributed by atoms with E-state index in [-0.39, 0.29) is 11.6 Å². The van der Waals surface area contributed by atoms with Gasteiger partial charge in [-0.1, -0.05) is 67.2 Å². The number of hydrogen-bond acceptors (Lipinski definition) is 1. The van der Waals surface area contributed by atoms with Crippen LogP contribution in [0.3, 0.4) is 0 Å². The fourth-order valence-electron chi connectivity index (χ4n) is 2.49. The summed E-state index contributed by atoms with van der Waals surface area (Å²) in [5, 5.41) is 2.62. The van der Waals surface area contributed by atoms with Crippen LogP contribution in [0.1, 0.15) is 21.5 Å². The minimum atomic E-state index is -0.467. The Balaban J connectivity index is 1.93. The predicted molar refractivity (Wildman–Crippen MR) is 95.4 cm³/mol. The monoisotopic (exact) mass is 317 g/mol. The molecule has 0 saturated heterocycles. The topological polar surface area (TPSA) is 29.1 Å². The molecule has 0 bridgehead atoms. The molecule has 0 aliphatic carbocycles. The molecule has 3 aromatic carbocycles. The molecule has 0 atom stereocenters. The third-order valence-corrected chi connectivity index (χ3v) is 3.74. The number of rotatable bonds is 4. The highest BCUT2D eigenvalue weighted by Crippen LogP contribution is 2.25. The molecule has 24 heavy (non-hydrogen) atoms. The summed E-state index contributed by atoms with van der Waals surface area (Å²) in [5.74, 6) is -0.835. The lowest BCUT2D eigenvalue weighted by molar-refractivity contribution is 0.102. The molecule has 0 aromatic heterocycles. The molecular weight excluding hydrogens is 301 g/mol. The van der Waals surface area contributed by atoms with Crippen LogP contribution in [0.4, 0.5) is 10.1 Å². The molecule has 1 N–H and O–H groups in total. The largest absolute Gasteiger partial charge is 0.319 e. The van der Waals surface area contributed by atoms with Crippen LogP contribution in [-0.4, -0.2) is 5.91 Å². The zero-order chi connectivity index (χ0) is 16.9. The Labute approximate surface area is 140 Å². The van der Waals surface area contributed by atoms with Crippen molar-refractivity contribution in [3.8, 4) is 0 Å². The van der Waals surface area contributed by atoms with Crippen molar-refractivity contribution in [2.45, 2.75) is 0 Å². The van der Waals surface area contributed by atoms with Gasteiger partial charge in [0.05, 0.1) is 5.69 Å². The summed E-state index contributed by atoms with van der Waals surface area (Å²) >= 11 is 0. The van der Waals surface area contributed by atoms with E-state index in [1.165, 1.54) is 12.1 Å². The SMILES string of the molecule is C=C(c1ccccc1)c1ccccc1C(=O)Nc1ccccc1F. The van der Waals surface area contributed by atoms with Gasteiger partial charge in [-0.15, -0.1) is 0 Å². The normalized spacial score (nSPS) is 10.2. The summed E-state index contributed by atoms with van der Waals surface area (Å²) in [5.41, 5.74) is 3.01. The van der Waals surface area contributed by atoms with E-state index in [9.17, 15) is 9.18 Å². The van der Waals surface area contributed by atoms with Crippen LogP contribution < -0.4 is 5.32 Å². The van der Waals surface area contributed by atoms with Gasteiger partial charge in [0.2, 0.25) is 0 Å². The first kappa shape index (κ1) is 15.7. The number of carbonyl (C=O) groups is 1. The lowest BCUT2D eigenvalue weighted by atomic mass is 9.95. The number of benzene rings is 3. The predicted octanol–water partition coefficient (Wildman–Crippen LogP) is 5.14. The van der Waals surface area contributed by atoms with Gasteiger partial charge in [-0.2, -0.15) is 0 Å². The van der Waals surface area contributed by atoms with Crippen molar-refractivity contribution in [2.24, 2.45) is 0 Å². The lowest BCUT2D eigenvalue weighted by Crippen LogP contribution is -2.15. The van der Waals surface area contributed by atoms with Crippen LogP contribution in [0.5, 0.6) is 0 Å². The van der Waals surface area contributed by atoms with E-state index in [2.05, 4.69) is 11.9 Å². The van der Waals surface area contributed by atoms with E-state index >= 15 is 0 Å². The lowest BCUT2D eigenvalue weighted by Gasteiger charge is -2.13.